The molecule has 0 aliphatic heterocycles. The van der Waals surface area contributed by atoms with Gasteiger partial charge >= 0.3 is 5.97 Å². The Kier molecular flexibility index (Phi) is 5.56. The Balaban J connectivity index is 2.37. The van der Waals surface area contributed by atoms with Gasteiger partial charge in [-0.25, -0.2) is 13.2 Å². The fourth-order valence-corrected chi connectivity index (χ4v) is 3.19. The summed E-state index contributed by atoms with van der Waals surface area (Å²) >= 11 is 0. The number of hydrogen-bond acceptors (Lipinski definition) is 5. The number of benzene rings is 1. The Morgan fingerprint density at radius 3 is 2.50 bits per heavy atom. The zero-order valence-corrected chi connectivity index (χ0v) is 15.3. The van der Waals surface area contributed by atoms with Crippen LogP contribution in [0.4, 0.5) is 5.69 Å². The summed E-state index contributed by atoms with van der Waals surface area (Å²) in [5.74, 6) is -1.33. The van der Waals surface area contributed by atoms with Crippen LogP contribution in [-0.4, -0.2) is 56.0 Å². The first kappa shape index (κ1) is 19.3. The molecule has 1 aromatic carbocycles. The van der Waals surface area contributed by atoms with E-state index >= 15 is 0 Å². The van der Waals surface area contributed by atoms with Gasteiger partial charge in [-0.15, -0.1) is 0 Å². The average Bonchev–Trinajstić information content (AvgIpc) is 3.07. The Morgan fingerprint density at radius 2 is 1.96 bits per heavy atom. The molecule has 0 atom stereocenters. The lowest BCUT2D eigenvalue weighted by Crippen LogP contribution is -2.22. The van der Waals surface area contributed by atoms with Gasteiger partial charge in [0.1, 0.15) is 16.3 Å². The molecular formula is C16H19N3O6S. The third-order valence-electron chi connectivity index (χ3n) is 3.38. The second kappa shape index (κ2) is 7.48. The molecule has 0 radical (unpaired) electrons. The van der Waals surface area contributed by atoms with Crippen LogP contribution in [0, 0.1) is 0 Å². The minimum Gasteiger partial charge on any atom is -0.492 e. The first-order valence-corrected chi connectivity index (χ1v) is 9.07. The molecule has 0 fully saturated rings. The van der Waals surface area contributed by atoms with Gasteiger partial charge in [-0.1, -0.05) is 0 Å². The standard InChI is InChI=1S/C16H19N3O6S/c1-4-25-14-7-10(15(20)19(2)3)5-6-12(14)18-26(23,24)11-8-13(16(21)22)17-9-11/h5-9,17-18H,4H2,1-3H3,(H,21,22). The number of aromatic nitrogens is 1. The van der Waals surface area contributed by atoms with Crippen LogP contribution in [0.5, 0.6) is 5.75 Å². The number of carbonyl (C=O) groups excluding carboxylic acids is 1. The van der Waals surface area contributed by atoms with Crippen molar-refractivity contribution >= 4 is 27.6 Å². The number of carboxylic acid groups (broad SMARTS) is 1. The topological polar surface area (TPSA) is 129 Å². The van der Waals surface area contributed by atoms with E-state index in [0.29, 0.717) is 5.56 Å². The number of nitrogens with zero attached hydrogens (tertiary/aromatic N) is 1. The number of carbonyl (C=O) groups is 2. The molecule has 1 heterocycles. The highest BCUT2D eigenvalue weighted by atomic mass is 32.2. The summed E-state index contributed by atoms with van der Waals surface area (Å²) in [5, 5.41) is 8.89. The van der Waals surface area contributed by atoms with E-state index < -0.39 is 16.0 Å². The van der Waals surface area contributed by atoms with E-state index in [-0.39, 0.29) is 34.5 Å². The number of hydrogen-bond donors (Lipinski definition) is 3. The van der Waals surface area contributed by atoms with Gasteiger partial charge in [0.25, 0.3) is 15.9 Å². The number of nitrogens with one attached hydrogen (secondary N) is 2. The molecule has 10 heteroatoms. The van der Waals surface area contributed by atoms with E-state index in [2.05, 4.69) is 9.71 Å². The smallest absolute Gasteiger partial charge is 0.352 e. The number of aromatic carboxylic acids is 1. The number of anilines is 1. The number of H-pyrrole nitrogens is 1. The molecule has 3 N–H and O–H groups in total. The third-order valence-corrected chi connectivity index (χ3v) is 4.72. The summed E-state index contributed by atoms with van der Waals surface area (Å²) in [5.41, 5.74) is 0.235. The van der Waals surface area contributed by atoms with Gasteiger partial charge in [0.15, 0.2) is 0 Å². The Morgan fingerprint density at radius 1 is 1.27 bits per heavy atom. The number of rotatable bonds is 7. The van der Waals surface area contributed by atoms with E-state index in [4.69, 9.17) is 9.84 Å². The predicted molar refractivity (Wildman–Crippen MR) is 94.2 cm³/mol. The lowest BCUT2D eigenvalue weighted by Gasteiger charge is -2.15. The maximum Gasteiger partial charge on any atom is 0.352 e. The molecule has 9 nitrogen and oxygen atoms in total. The van der Waals surface area contributed by atoms with Gasteiger partial charge in [0.05, 0.1) is 12.3 Å². The van der Waals surface area contributed by atoms with Crippen molar-refractivity contribution in [1.82, 2.24) is 9.88 Å². The van der Waals surface area contributed by atoms with Crippen LogP contribution in [-0.2, 0) is 10.0 Å². The second-order valence-electron chi connectivity index (χ2n) is 5.50. The lowest BCUT2D eigenvalue weighted by atomic mass is 10.1. The van der Waals surface area contributed by atoms with Crippen molar-refractivity contribution < 1.29 is 27.9 Å². The summed E-state index contributed by atoms with van der Waals surface area (Å²) in [6.45, 7) is 1.99. The number of aromatic amines is 1. The monoisotopic (exact) mass is 381 g/mol. The fourth-order valence-electron chi connectivity index (χ4n) is 2.13. The summed E-state index contributed by atoms with van der Waals surface area (Å²) < 4.78 is 32.7. The maximum atomic E-state index is 12.5. The molecule has 2 rings (SSSR count). The molecule has 26 heavy (non-hydrogen) atoms. The average molecular weight is 381 g/mol. The van der Waals surface area contributed by atoms with Gasteiger partial charge in [0.2, 0.25) is 0 Å². The fraction of sp³-hybridized carbons (Fsp3) is 0.250. The lowest BCUT2D eigenvalue weighted by molar-refractivity contribution is 0.0690. The quantitative estimate of drug-likeness (QED) is 0.668. The van der Waals surface area contributed by atoms with Crippen LogP contribution < -0.4 is 9.46 Å². The summed E-state index contributed by atoms with van der Waals surface area (Å²) in [6, 6.07) is 5.35. The third kappa shape index (κ3) is 4.14. The number of carboxylic acids is 1. The van der Waals surface area contributed by atoms with Crippen LogP contribution in [0.2, 0.25) is 0 Å². The van der Waals surface area contributed by atoms with Crippen LogP contribution >= 0.6 is 0 Å². The van der Waals surface area contributed by atoms with Crippen molar-refractivity contribution in [2.75, 3.05) is 25.4 Å². The largest absolute Gasteiger partial charge is 0.492 e. The molecule has 0 bridgehead atoms. The summed E-state index contributed by atoms with van der Waals surface area (Å²) in [6.07, 6.45) is 1.08. The van der Waals surface area contributed by atoms with Gasteiger partial charge in [-0.05, 0) is 31.2 Å². The molecule has 0 aliphatic carbocycles. The van der Waals surface area contributed by atoms with Gasteiger partial charge in [-0.3, -0.25) is 9.52 Å². The first-order chi connectivity index (χ1) is 12.2. The zero-order valence-electron chi connectivity index (χ0n) is 14.4. The van der Waals surface area contributed by atoms with E-state index in [0.717, 1.165) is 12.3 Å². The zero-order chi connectivity index (χ0) is 19.5. The number of sulfonamides is 1. The molecule has 0 saturated carbocycles. The number of ether oxygens (including phenoxy) is 1. The highest BCUT2D eigenvalue weighted by molar-refractivity contribution is 7.92. The first-order valence-electron chi connectivity index (χ1n) is 7.58. The van der Waals surface area contributed by atoms with Crippen molar-refractivity contribution in [1.29, 1.82) is 0 Å². The highest BCUT2D eigenvalue weighted by Crippen LogP contribution is 2.29. The molecule has 0 spiro atoms. The summed E-state index contributed by atoms with van der Waals surface area (Å²) in [4.78, 5) is 26.5. The van der Waals surface area contributed by atoms with Crippen LogP contribution in [0.15, 0.2) is 35.4 Å². The maximum absolute atomic E-state index is 12.5. The molecule has 0 aliphatic rings. The van der Waals surface area contributed by atoms with E-state index in [9.17, 15) is 18.0 Å². The van der Waals surface area contributed by atoms with E-state index in [1.165, 1.54) is 23.1 Å². The molecular weight excluding hydrogens is 362 g/mol. The highest BCUT2D eigenvalue weighted by Gasteiger charge is 2.21. The van der Waals surface area contributed by atoms with Crippen molar-refractivity contribution in [3.8, 4) is 5.75 Å². The molecule has 140 valence electrons. The van der Waals surface area contributed by atoms with Gasteiger partial charge < -0.3 is 19.7 Å². The van der Waals surface area contributed by atoms with Crippen LogP contribution in [0.1, 0.15) is 27.8 Å². The van der Waals surface area contributed by atoms with E-state index in [1.54, 1.807) is 21.0 Å². The van der Waals surface area contributed by atoms with Crippen LogP contribution in [0.3, 0.4) is 0 Å². The van der Waals surface area contributed by atoms with Crippen molar-refractivity contribution in [2.24, 2.45) is 0 Å². The molecule has 0 unspecified atom stereocenters. The molecule has 0 saturated heterocycles. The number of amides is 1. The normalized spacial score (nSPS) is 11.0. The Bertz CT molecular complexity index is 933. The van der Waals surface area contributed by atoms with Crippen molar-refractivity contribution in [3.63, 3.8) is 0 Å². The SMILES string of the molecule is CCOc1cc(C(=O)N(C)C)ccc1NS(=O)(=O)c1c[nH]c(C(=O)O)c1. The van der Waals surface area contributed by atoms with Crippen molar-refractivity contribution in [3.05, 3.63) is 41.7 Å². The van der Waals surface area contributed by atoms with E-state index in [1.807, 2.05) is 0 Å². The molecule has 1 amide bonds. The summed E-state index contributed by atoms with van der Waals surface area (Å²) in [7, 11) is -0.831. The minimum atomic E-state index is -4.04. The second-order valence-corrected chi connectivity index (χ2v) is 7.19. The van der Waals surface area contributed by atoms with Crippen molar-refractivity contribution in [2.45, 2.75) is 11.8 Å². The van der Waals surface area contributed by atoms with Crippen LogP contribution in [0.25, 0.3) is 0 Å². The molecule has 2 aromatic rings. The predicted octanol–water partition coefficient (Wildman–Crippen LogP) is 1.61. The molecule has 1 aromatic heterocycles. The van der Waals surface area contributed by atoms with Gasteiger partial charge in [-0.2, -0.15) is 0 Å². The Hall–Kier alpha value is -3.01. The minimum absolute atomic E-state index is 0.139. The Labute approximate surface area is 150 Å². The van der Waals surface area contributed by atoms with Gasteiger partial charge in [0, 0.05) is 25.9 Å².